The highest BCUT2D eigenvalue weighted by atomic mass is 32.2. The third-order valence-electron chi connectivity index (χ3n) is 5.07. The number of hydrogen-bond donors (Lipinski definition) is 0. The number of hydrogen-bond acceptors (Lipinski definition) is 5. The highest BCUT2D eigenvalue weighted by Crippen LogP contribution is 2.33. The first-order chi connectivity index (χ1) is 12.2. The molecule has 0 saturated carbocycles. The van der Waals surface area contributed by atoms with Gasteiger partial charge in [0.2, 0.25) is 5.91 Å². The van der Waals surface area contributed by atoms with Gasteiger partial charge in [0.25, 0.3) is 0 Å². The molecule has 1 amide bonds. The fourth-order valence-electron chi connectivity index (χ4n) is 3.56. The molecule has 1 aromatic carbocycles. The van der Waals surface area contributed by atoms with Crippen molar-refractivity contribution in [3.05, 3.63) is 24.0 Å². The van der Waals surface area contributed by atoms with E-state index in [9.17, 15) is 9.18 Å². The Morgan fingerprint density at radius 2 is 1.96 bits per heavy atom. The number of halogens is 1. The highest BCUT2D eigenvalue weighted by Gasteiger charge is 2.26. The Hall–Kier alpha value is -1.34. The van der Waals surface area contributed by atoms with E-state index >= 15 is 0 Å². The summed E-state index contributed by atoms with van der Waals surface area (Å²) in [6.45, 7) is 3.60. The Morgan fingerprint density at radius 3 is 2.68 bits per heavy atom. The number of benzene rings is 1. The number of rotatable bonds is 3. The molecule has 4 nitrogen and oxygen atoms in total. The molecular weight excluding hydrogens is 357 g/mol. The molecule has 7 heteroatoms. The summed E-state index contributed by atoms with van der Waals surface area (Å²) >= 11 is 3.48. The van der Waals surface area contributed by atoms with Crippen LogP contribution in [0.15, 0.2) is 18.2 Å². The van der Waals surface area contributed by atoms with Gasteiger partial charge in [-0.1, -0.05) is 17.4 Å². The summed E-state index contributed by atoms with van der Waals surface area (Å²) in [5, 5.41) is 0.901. The van der Waals surface area contributed by atoms with Crippen molar-refractivity contribution in [1.82, 2.24) is 9.88 Å². The Balaban J connectivity index is 1.34. The molecule has 0 spiro atoms. The molecular formula is C18H22FN3OS2. The first-order valence-electron chi connectivity index (χ1n) is 8.86. The Labute approximate surface area is 155 Å². The number of thioether (sulfide) groups is 1. The predicted octanol–water partition coefficient (Wildman–Crippen LogP) is 3.62. The fourth-order valence-corrected chi connectivity index (χ4v) is 5.49. The predicted molar refractivity (Wildman–Crippen MR) is 103 cm³/mol. The zero-order valence-corrected chi connectivity index (χ0v) is 15.8. The van der Waals surface area contributed by atoms with E-state index in [0.29, 0.717) is 23.8 Å². The molecule has 2 aliphatic rings. The second kappa shape index (κ2) is 7.50. The molecule has 134 valence electrons. The summed E-state index contributed by atoms with van der Waals surface area (Å²) in [4.78, 5) is 21.2. The molecule has 0 unspecified atom stereocenters. The van der Waals surface area contributed by atoms with Gasteiger partial charge in [-0.2, -0.15) is 11.8 Å². The maximum absolute atomic E-state index is 13.8. The van der Waals surface area contributed by atoms with E-state index < -0.39 is 0 Å². The van der Waals surface area contributed by atoms with Gasteiger partial charge < -0.3 is 9.80 Å². The maximum atomic E-state index is 13.8. The van der Waals surface area contributed by atoms with E-state index in [4.69, 9.17) is 0 Å². The molecule has 2 fully saturated rings. The molecule has 2 saturated heterocycles. The van der Waals surface area contributed by atoms with Crippen LogP contribution in [0.1, 0.15) is 19.3 Å². The lowest BCUT2D eigenvalue weighted by Crippen LogP contribution is -2.40. The number of carbonyl (C=O) groups excluding carboxylic acids is 1. The molecule has 25 heavy (non-hydrogen) atoms. The van der Waals surface area contributed by atoms with E-state index in [-0.39, 0.29) is 5.82 Å². The normalized spacial score (nSPS) is 19.6. The number of amides is 1. The minimum Gasteiger partial charge on any atom is -0.348 e. The molecule has 2 aliphatic heterocycles. The number of nitrogens with zero attached hydrogens (tertiary/aromatic N) is 3. The van der Waals surface area contributed by atoms with E-state index in [1.807, 2.05) is 22.7 Å². The smallest absolute Gasteiger partial charge is 0.222 e. The summed E-state index contributed by atoms with van der Waals surface area (Å²) < 4.78 is 14.7. The van der Waals surface area contributed by atoms with E-state index in [1.165, 1.54) is 6.07 Å². The minimum absolute atomic E-state index is 0.250. The highest BCUT2D eigenvalue weighted by molar-refractivity contribution is 7.99. The van der Waals surface area contributed by atoms with Gasteiger partial charge in [0.1, 0.15) is 11.3 Å². The molecule has 0 N–H and O–H groups in total. The molecule has 4 rings (SSSR count). The molecule has 0 atom stereocenters. The lowest BCUT2D eigenvalue weighted by molar-refractivity contribution is -0.132. The van der Waals surface area contributed by atoms with Gasteiger partial charge in [-0.05, 0) is 30.9 Å². The standard InChI is InChI=1S/C18H22FN3OS2/c19-14-2-1-3-15-17(14)20-18(25-15)22-6-4-13(5-7-22)12-16(23)21-8-10-24-11-9-21/h1-3,13H,4-12H2. The summed E-state index contributed by atoms with van der Waals surface area (Å²) in [6, 6.07) is 5.11. The number of piperidine rings is 1. The van der Waals surface area contributed by atoms with Crippen LogP contribution >= 0.6 is 23.1 Å². The van der Waals surface area contributed by atoms with Crippen molar-refractivity contribution >= 4 is 44.4 Å². The average Bonchev–Trinajstić information content (AvgIpc) is 3.09. The van der Waals surface area contributed by atoms with Crippen LogP contribution in [0, 0.1) is 11.7 Å². The van der Waals surface area contributed by atoms with Crippen molar-refractivity contribution in [2.75, 3.05) is 42.6 Å². The number of fused-ring (bicyclic) bond motifs is 1. The first-order valence-corrected chi connectivity index (χ1v) is 10.8. The zero-order valence-electron chi connectivity index (χ0n) is 14.1. The second-order valence-electron chi connectivity index (χ2n) is 6.71. The summed E-state index contributed by atoms with van der Waals surface area (Å²) in [5.74, 6) is 2.67. The van der Waals surface area contributed by atoms with Crippen LogP contribution < -0.4 is 4.90 Å². The number of carbonyl (C=O) groups is 1. The van der Waals surface area contributed by atoms with Gasteiger partial charge in [-0.25, -0.2) is 9.37 Å². The topological polar surface area (TPSA) is 36.4 Å². The summed E-state index contributed by atoms with van der Waals surface area (Å²) in [5.41, 5.74) is 0.475. The van der Waals surface area contributed by atoms with Gasteiger partial charge in [-0.15, -0.1) is 0 Å². The van der Waals surface area contributed by atoms with Crippen molar-refractivity contribution in [3.8, 4) is 0 Å². The second-order valence-corrected chi connectivity index (χ2v) is 8.94. The van der Waals surface area contributed by atoms with Crippen LogP contribution in [0.25, 0.3) is 10.2 Å². The number of aromatic nitrogens is 1. The molecule has 2 aromatic rings. The molecule has 0 bridgehead atoms. The van der Waals surface area contributed by atoms with Crippen molar-refractivity contribution in [3.63, 3.8) is 0 Å². The first kappa shape index (κ1) is 17.1. The van der Waals surface area contributed by atoms with Crippen LogP contribution in [0.5, 0.6) is 0 Å². The van der Waals surface area contributed by atoms with E-state index in [1.54, 1.807) is 17.4 Å². The molecule has 0 aliphatic carbocycles. The van der Waals surface area contributed by atoms with Crippen molar-refractivity contribution in [1.29, 1.82) is 0 Å². The third kappa shape index (κ3) is 3.77. The Morgan fingerprint density at radius 1 is 1.20 bits per heavy atom. The Bertz CT molecular complexity index is 752. The summed E-state index contributed by atoms with van der Waals surface area (Å²) in [7, 11) is 0. The van der Waals surface area contributed by atoms with Crippen molar-refractivity contribution in [2.45, 2.75) is 19.3 Å². The number of thiazole rings is 1. The largest absolute Gasteiger partial charge is 0.348 e. The minimum atomic E-state index is -0.250. The quantitative estimate of drug-likeness (QED) is 0.816. The third-order valence-corrected chi connectivity index (χ3v) is 7.09. The van der Waals surface area contributed by atoms with Crippen LogP contribution in [-0.2, 0) is 4.79 Å². The monoisotopic (exact) mass is 379 g/mol. The van der Waals surface area contributed by atoms with E-state index in [0.717, 1.165) is 60.4 Å². The number of para-hydroxylation sites is 1. The van der Waals surface area contributed by atoms with Crippen LogP contribution in [0.4, 0.5) is 9.52 Å². The van der Waals surface area contributed by atoms with Crippen LogP contribution in [-0.4, -0.2) is 53.5 Å². The van der Waals surface area contributed by atoms with E-state index in [2.05, 4.69) is 9.88 Å². The lowest BCUT2D eigenvalue weighted by Gasteiger charge is -2.33. The summed E-state index contributed by atoms with van der Waals surface area (Å²) in [6.07, 6.45) is 2.69. The van der Waals surface area contributed by atoms with Gasteiger partial charge in [-0.3, -0.25) is 4.79 Å². The molecule has 1 aromatic heterocycles. The van der Waals surface area contributed by atoms with Crippen LogP contribution in [0.3, 0.4) is 0 Å². The van der Waals surface area contributed by atoms with Gasteiger partial charge in [0.15, 0.2) is 5.13 Å². The fraction of sp³-hybridized carbons (Fsp3) is 0.556. The zero-order chi connectivity index (χ0) is 17.2. The molecule has 0 radical (unpaired) electrons. The Kier molecular flexibility index (Phi) is 5.12. The van der Waals surface area contributed by atoms with Gasteiger partial charge in [0, 0.05) is 44.1 Å². The number of anilines is 1. The van der Waals surface area contributed by atoms with Crippen molar-refractivity contribution < 1.29 is 9.18 Å². The SMILES string of the molecule is O=C(CC1CCN(c2nc3c(F)cccc3s2)CC1)N1CCSCC1. The van der Waals surface area contributed by atoms with Crippen molar-refractivity contribution in [2.24, 2.45) is 5.92 Å². The average molecular weight is 380 g/mol. The lowest BCUT2D eigenvalue weighted by atomic mass is 9.93. The maximum Gasteiger partial charge on any atom is 0.222 e. The molecule has 3 heterocycles. The van der Waals surface area contributed by atoms with Gasteiger partial charge >= 0.3 is 0 Å². The van der Waals surface area contributed by atoms with Crippen LogP contribution in [0.2, 0.25) is 0 Å². The van der Waals surface area contributed by atoms with Gasteiger partial charge in [0.05, 0.1) is 4.70 Å².